The molecule has 0 bridgehead atoms. The maximum Gasteiger partial charge on any atom is 0.327 e. The molecule has 0 rings (SSSR count). The Kier molecular flexibility index (Phi) is 15.1. The average Bonchev–Trinajstić information content (AvgIpc) is 2.79. The van der Waals surface area contributed by atoms with Crippen LogP contribution in [-0.4, -0.2) is 77.1 Å². The Hall–Kier alpha value is -3.07. The van der Waals surface area contributed by atoms with Crippen LogP contribution in [0.2, 0.25) is 0 Å². The minimum atomic E-state index is -1.32. The van der Waals surface area contributed by atoms with Crippen LogP contribution in [0.5, 0.6) is 0 Å². The van der Waals surface area contributed by atoms with Crippen LogP contribution in [0.25, 0.3) is 0 Å². The number of amides is 4. The molecule has 35 heavy (non-hydrogen) atoms. The Morgan fingerprint density at radius 3 is 1.89 bits per heavy atom. The summed E-state index contributed by atoms with van der Waals surface area (Å²) < 4.78 is 0. The molecular weight excluding hydrogens is 480 g/mol. The first-order valence-corrected chi connectivity index (χ1v) is 11.8. The Morgan fingerprint density at radius 2 is 1.43 bits per heavy atom. The van der Waals surface area contributed by atoms with Crippen LogP contribution < -0.4 is 38.9 Å². The van der Waals surface area contributed by atoms with Crippen molar-refractivity contribution in [3.63, 3.8) is 0 Å². The molecule has 0 radical (unpaired) electrons. The average molecular weight is 519 g/mol. The number of thiol groups is 1. The number of aliphatic imine (C=N–C) groups is 1. The van der Waals surface area contributed by atoms with Gasteiger partial charge in [0, 0.05) is 18.7 Å². The van der Waals surface area contributed by atoms with Gasteiger partial charge in [0.2, 0.25) is 23.6 Å². The van der Waals surface area contributed by atoms with Crippen LogP contribution in [-0.2, 0) is 24.0 Å². The molecule has 0 aliphatic carbocycles. The number of nitrogens with two attached hydrogens (primary N) is 4. The number of carboxylic acid groups (broad SMARTS) is 1. The van der Waals surface area contributed by atoms with Crippen molar-refractivity contribution in [1.29, 1.82) is 0 Å². The van der Waals surface area contributed by atoms with Gasteiger partial charge >= 0.3 is 5.97 Å². The van der Waals surface area contributed by atoms with E-state index in [0.717, 1.165) is 0 Å². The van der Waals surface area contributed by atoms with E-state index in [1.807, 2.05) is 6.92 Å². The van der Waals surface area contributed by atoms with Crippen molar-refractivity contribution in [2.24, 2.45) is 33.8 Å². The van der Waals surface area contributed by atoms with Gasteiger partial charge in [-0.05, 0) is 25.2 Å². The summed E-state index contributed by atoms with van der Waals surface area (Å²) in [5.74, 6) is -4.66. The largest absolute Gasteiger partial charge is 0.480 e. The van der Waals surface area contributed by atoms with Gasteiger partial charge in [0.15, 0.2) is 5.96 Å². The maximum absolute atomic E-state index is 13.0. The van der Waals surface area contributed by atoms with Crippen molar-refractivity contribution in [3.05, 3.63) is 0 Å². The predicted octanol–water partition coefficient (Wildman–Crippen LogP) is -2.85. The molecule has 0 aromatic carbocycles. The van der Waals surface area contributed by atoms with Gasteiger partial charge in [-0.3, -0.25) is 24.2 Å². The Morgan fingerprint density at radius 1 is 0.914 bits per heavy atom. The van der Waals surface area contributed by atoms with Gasteiger partial charge in [-0.2, -0.15) is 12.6 Å². The van der Waals surface area contributed by atoms with E-state index in [1.54, 1.807) is 6.92 Å². The van der Waals surface area contributed by atoms with Gasteiger partial charge in [0.05, 0.1) is 6.04 Å². The van der Waals surface area contributed by atoms with Gasteiger partial charge in [0.25, 0.3) is 0 Å². The molecule has 200 valence electrons. The van der Waals surface area contributed by atoms with Crippen LogP contribution in [0.1, 0.15) is 46.0 Å². The van der Waals surface area contributed by atoms with E-state index in [4.69, 9.17) is 28.0 Å². The van der Waals surface area contributed by atoms with Crippen molar-refractivity contribution >= 4 is 48.2 Å². The quantitative estimate of drug-likeness (QED) is 0.0414. The van der Waals surface area contributed by atoms with Crippen LogP contribution >= 0.6 is 12.6 Å². The van der Waals surface area contributed by atoms with E-state index in [9.17, 15) is 24.0 Å². The fourth-order valence-corrected chi connectivity index (χ4v) is 3.09. The molecule has 0 aliphatic rings. The molecule has 0 saturated heterocycles. The number of nitrogens with zero attached hydrogens (tertiary/aromatic N) is 1. The van der Waals surface area contributed by atoms with Crippen LogP contribution in [0, 0.1) is 5.92 Å². The molecule has 4 amide bonds. The summed E-state index contributed by atoms with van der Waals surface area (Å²) in [4.78, 5) is 64.6. The smallest absolute Gasteiger partial charge is 0.327 e. The van der Waals surface area contributed by atoms with Gasteiger partial charge in [-0.25, -0.2) is 4.79 Å². The molecule has 5 atom stereocenters. The summed E-state index contributed by atoms with van der Waals surface area (Å²) in [7, 11) is 0. The second-order valence-electron chi connectivity index (χ2n) is 8.07. The molecule has 0 heterocycles. The highest BCUT2D eigenvalue weighted by molar-refractivity contribution is 7.80. The Bertz CT molecular complexity index is 777. The zero-order valence-electron chi connectivity index (χ0n) is 20.0. The molecule has 0 aliphatic heterocycles. The number of carbonyl (C=O) groups is 5. The van der Waals surface area contributed by atoms with Crippen molar-refractivity contribution in [2.75, 3.05) is 12.3 Å². The van der Waals surface area contributed by atoms with Crippen LogP contribution in [0.3, 0.4) is 0 Å². The third kappa shape index (κ3) is 12.8. The Labute approximate surface area is 209 Å². The number of aliphatic carboxylic acids is 1. The first kappa shape index (κ1) is 31.9. The first-order chi connectivity index (χ1) is 16.3. The molecule has 5 unspecified atom stereocenters. The lowest BCUT2D eigenvalue weighted by atomic mass is 9.98. The normalized spacial score (nSPS) is 15.0. The minimum absolute atomic E-state index is 0.111. The monoisotopic (exact) mass is 518 g/mol. The summed E-state index contributed by atoms with van der Waals surface area (Å²) >= 11 is 3.88. The third-order valence-electron chi connectivity index (χ3n) is 5.25. The second-order valence-corrected chi connectivity index (χ2v) is 8.43. The van der Waals surface area contributed by atoms with Crippen molar-refractivity contribution in [1.82, 2.24) is 16.0 Å². The molecule has 0 aromatic rings. The lowest BCUT2D eigenvalue weighted by molar-refractivity contribution is -0.141. The molecule has 0 saturated carbocycles. The lowest BCUT2D eigenvalue weighted by Gasteiger charge is -2.26. The topological polar surface area (TPSA) is 258 Å². The van der Waals surface area contributed by atoms with Crippen LogP contribution in [0.4, 0.5) is 0 Å². The Balaban J connectivity index is 5.63. The number of guanidine groups is 1. The molecule has 15 heteroatoms. The van der Waals surface area contributed by atoms with Gasteiger partial charge in [-0.15, -0.1) is 0 Å². The van der Waals surface area contributed by atoms with Gasteiger partial charge in [0.1, 0.15) is 18.1 Å². The van der Waals surface area contributed by atoms with Crippen LogP contribution in [0.15, 0.2) is 4.99 Å². The molecule has 14 nitrogen and oxygen atoms in total. The number of primary amides is 1. The first-order valence-electron chi connectivity index (χ1n) is 11.2. The van der Waals surface area contributed by atoms with Gasteiger partial charge < -0.3 is 44.0 Å². The number of hydrogen-bond acceptors (Lipinski definition) is 8. The SMILES string of the molecule is CCC(C)C(N)C(=O)NC(CCCN=C(N)N)C(=O)NC(CCC(N)=O)C(=O)NC(CS)C(=O)O. The summed E-state index contributed by atoms with van der Waals surface area (Å²) in [5.41, 5.74) is 21.7. The zero-order valence-corrected chi connectivity index (χ0v) is 20.9. The van der Waals surface area contributed by atoms with Crippen molar-refractivity contribution in [2.45, 2.75) is 70.1 Å². The van der Waals surface area contributed by atoms with E-state index >= 15 is 0 Å². The number of hydrogen-bond donors (Lipinski definition) is 9. The van der Waals surface area contributed by atoms with Crippen molar-refractivity contribution < 1.29 is 29.1 Å². The summed E-state index contributed by atoms with van der Waals surface area (Å²) in [6, 6.07) is -4.58. The fraction of sp³-hybridized carbons (Fsp3) is 0.700. The number of rotatable bonds is 17. The molecule has 0 spiro atoms. The highest BCUT2D eigenvalue weighted by Crippen LogP contribution is 2.08. The minimum Gasteiger partial charge on any atom is -0.480 e. The standard InChI is InChI=1S/C20H38N8O6S/c1-3-10(2)15(22)18(32)27-11(5-4-8-25-20(23)24)16(30)26-12(6-7-14(21)29)17(31)28-13(9-35)19(33)34/h10-13,15,35H,3-9,22H2,1-2H3,(H2,21,29)(H,26,30)(H,27,32)(H,28,31)(H,33,34)(H4,23,24,25). The molecule has 0 fully saturated rings. The molecule has 0 aromatic heterocycles. The third-order valence-corrected chi connectivity index (χ3v) is 5.61. The fourth-order valence-electron chi connectivity index (χ4n) is 2.84. The summed E-state index contributed by atoms with van der Waals surface area (Å²) in [6.07, 6.45) is 0.624. The zero-order chi connectivity index (χ0) is 27.1. The number of nitrogens with one attached hydrogen (secondary N) is 3. The van der Waals surface area contributed by atoms with E-state index in [0.29, 0.717) is 12.8 Å². The lowest BCUT2D eigenvalue weighted by Crippen LogP contribution is -2.57. The van der Waals surface area contributed by atoms with E-state index in [1.165, 1.54) is 0 Å². The van der Waals surface area contributed by atoms with E-state index < -0.39 is 53.8 Å². The molecule has 12 N–H and O–H groups in total. The number of carboxylic acids is 1. The van der Waals surface area contributed by atoms with Crippen molar-refractivity contribution in [3.8, 4) is 0 Å². The van der Waals surface area contributed by atoms with E-state index in [2.05, 4.69) is 33.6 Å². The predicted molar refractivity (Wildman–Crippen MR) is 133 cm³/mol. The second kappa shape index (κ2) is 16.5. The van der Waals surface area contributed by atoms with E-state index in [-0.39, 0.29) is 43.4 Å². The summed E-state index contributed by atoms with van der Waals surface area (Å²) in [5, 5.41) is 16.4. The number of carbonyl (C=O) groups excluding carboxylic acids is 4. The highest BCUT2D eigenvalue weighted by Gasteiger charge is 2.30. The van der Waals surface area contributed by atoms with Gasteiger partial charge in [-0.1, -0.05) is 20.3 Å². The molecular formula is C20H38N8O6S. The highest BCUT2D eigenvalue weighted by atomic mass is 32.1. The maximum atomic E-state index is 13.0. The summed E-state index contributed by atoms with van der Waals surface area (Å²) in [6.45, 7) is 3.85.